The first-order valence-electron chi connectivity index (χ1n) is 8.08. The molecule has 1 saturated heterocycles. The van der Waals surface area contributed by atoms with Crippen molar-refractivity contribution in [1.29, 1.82) is 0 Å². The van der Waals surface area contributed by atoms with Crippen LogP contribution in [0.4, 0.5) is 0 Å². The van der Waals surface area contributed by atoms with Gasteiger partial charge in [0.15, 0.2) is 6.29 Å². The van der Waals surface area contributed by atoms with E-state index in [9.17, 15) is 0 Å². The highest BCUT2D eigenvalue weighted by Crippen LogP contribution is 2.29. The summed E-state index contributed by atoms with van der Waals surface area (Å²) in [6.45, 7) is 3.88. The van der Waals surface area contributed by atoms with Crippen LogP contribution in [-0.2, 0) is 9.47 Å². The first-order valence-corrected chi connectivity index (χ1v) is 8.08. The van der Waals surface area contributed by atoms with E-state index in [2.05, 4.69) is 49.4 Å². The zero-order valence-electron chi connectivity index (χ0n) is 12.8. The summed E-state index contributed by atoms with van der Waals surface area (Å²) in [4.78, 5) is 0. The third kappa shape index (κ3) is 3.63. The van der Waals surface area contributed by atoms with Gasteiger partial charge in [0.25, 0.3) is 0 Å². The lowest BCUT2D eigenvalue weighted by Crippen LogP contribution is -2.26. The van der Waals surface area contributed by atoms with E-state index in [1.807, 2.05) is 0 Å². The van der Waals surface area contributed by atoms with Gasteiger partial charge in [0.2, 0.25) is 0 Å². The Morgan fingerprint density at radius 1 is 0.905 bits per heavy atom. The molecule has 21 heavy (non-hydrogen) atoms. The van der Waals surface area contributed by atoms with Crippen molar-refractivity contribution in [3.05, 3.63) is 48.0 Å². The molecule has 0 bridgehead atoms. The number of hydrogen-bond acceptors (Lipinski definition) is 2. The summed E-state index contributed by atoms with van der Waals surface area (Å²) in [5.41, 5.74) is 3.63. The molecule has 3 rings (SSSR count). The first-order chi connectivity index (χ1) is 10.4. The van der Waals surface area contributed by atoms with Crippen molar-refractivity contribution in [3.8, 4) is 11.1 Å². The molecule has 2 aliphatic carbocycles. The summed E-state index contributed by atoms with van der Waals surface area (Å²) in [5.74, 6) is 0.562. The molecule has 2 heteroatoms. The maximum Gasteiger partial charge on any atom is 0.183 e. The van der Waals surface area contributed by atoms with Crippen LogP contribution in [0.2, 0.25) is 0 Å². The minimum Gasteiger partial charge on any atom is -0.348 e. The summed E-state index contributed by atoms with van der Waals surface area (Å²) in [5, 5.41) is 0. The highest BCUT2D eigenvalue weighted by Gasteiger charge is 2.23. The van der Waals surface area contributed by atoms with Crippen LogP contribution in [-0.4, -0.2) is 13.2 Å². The van der Waals surface area contributed by atoms with Gasteiger partial charge in [0, 0.05) is 11.5 Å². The van der Waals surface area contributed by atoms with Gasteiger partial charge in [-0.1, -0.05) is 68.7 Å². The summed E-state index contributed by atoms with van der Waals surface area (Å²) in [6.07, 6.45) is 4.88. The molecule has 0 unspecified atom stereocenters. The quantitative estimate of drug-likeness (QED) is 0.717. The van der Waals surface area contributed by atoms with Gasteiger partial charge >= 0.3 is 0 Å². The lowest BCUT2D eigenvalue weighted by atomic mass is 10.0. The molecule has 0 saturated carbocycles. The second-order valence-corrected chi connectivity index (χ2v) is 5.96. The van der Waals surface area contributed by atoms with Crippen LogP contribution in [0.1, 0.15) is 44.5 Å². The Balaban J connectivity index is 1.59. The third-order valence-electron chi connectivity index (χ3n) is 4.25. The van der Waals surface area contributed by atoms with Crippen molar-refractivity contribution in [2.75, 3.05) is 13.2 Å². The average molecular weight is 284 g/mol. The molecule has 0 radical (unpaired) electrons. The van der Waals surface area contributed by atoms with Crippen molar-refractivity contribution < 1.29 is 9.47 Å². The largest absolute Gasteiger partial charge is 0.348 e. The maximum atomic E-state index is 5.93. The number of rotatable bonds is 5. The zero-order chi connectivity index (χ0) is 14.5. The normalized spacial score (nSPS) is 22.5. The standard InChI is InChI=1S/C19H24O2/c1-2-3-4-6-15-13-20-19(21-14-15)18-11-9-16-7-5-8-17(16)10-12-18/h5,7-12,15,19H,2-4,6,13-14H2,1H3. The Bertz CT molecular complexity index is 498. The van der Waals surface area contributed by atoms with E-state index in [-0.39, 0.29) is 6.29 Å². The highest BCUT2D eigenvalue weighted by molar-refractivity contribution is 5.65. The minimum absolute atomic E-state index is 0.205. The molecule has 2 nitrogen and oxygen atoms in total. The summed E-state index contributed by atoms with van der Waals surface area (Å²) in [6, 6.07) is 14.9. The van der Waals surface area contributed by atoms with Crippen molar-refractivity contribution in [1.82, 2.24) is 0 Å². The Labute approximate surface area is 127 Å². The highest BCUT2D eigenvalue weighted by atomic mass is 16.7. The molecule has 0 aromatic heterocycles. The molecule has 3 aliphatic rings. The van der Waals surface area contributed by atoms with Gasteiger partial charge in [-0.25, -0.2) is 0 Å². The molecule has 112 valence electrons. The Morgan fingerprint density at radius 3 is 2.19 bits per heavy atom. The molecule has 0 aromatic rings. The topological polar surface area (TPSA) is 18.5 Å². The van der Waals surface area contributed by atoms with E-state index in [0.29, 0.717) is 5.92 Å². The van der Waals surface area contributed by atoms with Gasteiger partial charge in [-0.2, -0.15) is 0 Å². The van der Waals surface area contributed by atoms with E-state index < -0.39 is 0 Å². The molecule has 0 spiro atoms. The van der Waals surface area contributed by atoms with E-state index in [0.717, 1.165) is 18.8 Å². The van der Waals surface area contributed by atoms with E-state index in [1.54, 1.807) is 0 Å². The SMILES string of the molecule is CCCCCC1COC(c2ccc3cccc-3cc2)OC1. The smallest absolute Gasteiger partial charge is 0.183 e. The van der Waals surface area contributed by atoms with Crippen molar-refractivity contribution >= 4 is 0 Å². The molecule has 0 amide bonds. The predicted molar refractivity (Wildman–Crippen MR) is 85.3 cm³/mol. The number of hydrogen-bond donors (Lipinski definition) is 0. The van der Waals surface area contributed by atoms with Crippen molar-refractivity contribution in [3.63, 3.8) is 0 Å². The van der Waals surface area contributed by atoms with Gasteiger partial charge in [-0.05, 0) is 17.5 Å². The Hall–Kier alpha value is -1.38. The van der Waals surface area contributed by atoms with Gasteiger partial charge in [-0.3, -0.25) is 0 Å². The van der Waals surface area contributed by atoms with Crippen LogP contribution >= 0.6 is 0 Å². The molecule has 1 heterocycles. The molecular weight excluding hydrogens is 260 g/mol. The predicted octanol–water partition coefficient (Wildman–Crippen LogP) is 5.03. The number of ether oxygens (including phenoxy) is 2. The summed E-state index contributed by atoms with van der Waals surface area (Å²) < 4.78 is 11.9. The molecule has 1 aliphatic heterocycles. The Morgan fingerprint density at radius 2 is 1.57 bits per heavy atom. The van der Waals surface area contributed by atoms with Crippen LogP contribution in [0.5, 0.6) is 0 Å². The molecule has 0 aromatic carbocycles. The zero-order valence-corrected chi connectivity index (χ0v) is 12.8. The number of fused-ring (bicyclic) bond motifs is 1. The van der Waals surface area contributed by atoms with Gasteiger partial charge in [-0.15, -0.1) is 0 Å². The molecule has 0 atom stereocenters. The second-order valence-electron chi connectivity index (χ2n) is 5.96. The fourth-order valence-corrected chi connectivity index (χ4v) is 2.92. The summed E-state index contributed by atoms with van der Waals surface area (Å²) in [7, 11) is 0. The lowest BCUT2D eigenvalue weighted by molar-refractivity contribution is -0.206. The third-order valence-corrected chi connectivity index (χ3v) is 4.25. The van der Waals surface area contributed by atoms with Crippen molar-refractivity contribution in [2.24, 2.45) is 5.92 Å². The first kappa shape index (κ1) is 14.6. The molecule has 0 N–H and O–H groups in total. The second kappa shape index (κ2) is 7.06. The maximum absolute atomic E-state index is 5.93. The molecule has 1 fully saturated rings. The summed E-state index contributed by atoms with van der Waals surface area (Å²) >= 11 is 0. The fraction of sp³-hybridized carbons (Fsp3) is 0.474. The number of unbranched alkanes of at least 4 members (excludes halogenated alkanes) is 2. The fourth-order valence-electron chi connectivity index (χ4n) is 2.92. The monoisotopic (exact) mass is 284 g/mol. The Kier molecular flexibility index (Phi) is 4.89. The van der Waals surface area contributed by atoms with E-state index >= 15 is 0 Å². The van der Waals surface area contributed by atoms with Crippen LogP contribution in [0.25, 0.3) is 11.1 Å². The lowest BCUT2D eigenvalue weighted by Gasteiger charge is -2.29. The van der Waals surface area contributed by atoms with Gasteiger partial charge < -0.3 is 9.47 Å². The minimum atomic E-state index is -0.205. The van der Waals surface area contributed by atoms with E-state index in [1.165, 1.54) is 36.8 Å². The average Bonchev–Trinajstić information content (AvgIpc) is 2.87. The molecular formula is C19H24O2. The van der Waals surface area contributed by atoms with Crippen LogP contribution < -0.4 is 0 Å². The van der Waals surface area contributed by atoms with E-state index in [4.69, 9.17) is 9.47 Å². The van der Waals surface area contributed by atoms with Gasteiger partial charge in [0.05, 0.1) is 13.2 Å². The van der Waals surface area contributed by atoms with Crippen LogP contribution in [0, 0.1) is 5.92 Å². The van der Waals surface area contributed by atoms with Crippen molar-refractivity contribution in [2.45, 2.75) is 38.9 Å². The van der Waals surface area contributed by atoms with Crippen LogP contribution in [0.3, 0.4) is 0 Å². The van der Waals surface area contributed by atoms with Gasteiger partial charge in [0.1, 0.15) is 0 Å². The van der Waals surface area contributed by atoms with Crippen LogP contribution in [0.15, 0.2) is 42.5 Å².